The molecule has 0 aliphatic carbocycles. The molecule has 1 aliphatic rings. The molecule has 6 heteroatoms. The van der Waals surface area contributed by atoms with E-state index in [-0.39, 0.29) is 18.7 Å². The average Bonchev–Trinajstić information content (AvgIpc) is 3.32. The van der Waals surface area contributed by atoms with E-state index >= 15 is 0 Å². The van der Waals surface area contributed by atoms with E-state index in [4.69, 9.17) is 9.47 Å². The van der Waals surface area contributed by atoms with Gasteiger partial charge in [0.2, 0.25) is 6.79 Å². The maximum atomic E-state index is 12.7. The van der Waals surface area contributed by atoms with Crippen LogP contribution in [0.1, 0.15) is 27.8 Å². The van der Waals surface area contributed by atoms with Gasteiger partial charge in [-0.2, -0.15) is 0 Å². The normalized spacial score (nSPS) is 13.4. The first-order valence-electron chi connectivity index (χ1n) is 8.03. The first kappa shape index (κ1) is 15.3. The van der Waals surface area contributed by atoms with E-state index < -0.39 is 0 Å². The van der Waals surface area contributed by atoms with Crippen LogP contribution in [0, 0.1) is 0 Å². The van der Waals surface area contributed by atoms with E-state index in [0.29, 0.717) is 23.5 Å². The number of rotatable bonds is 5. The van der Waals surface area contributed by atoms with Gasteiger partial charge in [0.1, 0.15) is 5.82 Å². The highest BCUT2D eigenvalue weighted by Crippen LogP contribution is 2.32. The Morgan fingerprint density at radius 1 is 1.16 bits per heavy atom. The first-order chi connectivity index (χ1) is 12.3. The van der Waals surface area contributed by atoms with Crippen molar-refractivity contribution in [3.8, 4) is 11.5 Å². The van der Waals surface area contributed by atoms with Gasteiger partial charge in [-0.1, -0.05) is 30.3 Å². The van der Waals surface area contributed by atoms with Crippen molar-refractivity contribution < 1.29 is 14.3 Å². The number of nitrogens with one attached hydrogen (secondary N) is 2. The summed E-state index contributed by atoms with van der Waals surface area (Å²) in [4.78, 5) is 20.1. The summed E-state index contributed by atoms with van der Waals surface area (Å²) in [6, 6.07) is 14.8. The lowest BCUT2D eigenvalue weighted by Crippen LogP contribution is -2.30. The van der Waals surface area contributed by atoms with Gasteiger partial charge in [0, 0.05) is 24.4 Å². The fourth-order valence-electron chi connectivity index (χ4n) is 2.82. The lowest BCUT2D eigenvalue weighted by Gasteiger charge is -2.18. The molecule has 0 fully saturated rings. The number of H-pyrrole nitrogens is 1. The Morgan fingerprint density at radius 2 is 2.00 bits per heavy atom. The minimum absolute atomic E-state index is 0.168. The van der Waals surface area contributed by atoms with Crippen LogP contribution in [0.3, 0.4) is 0 Å². The third-order valence-electron chi connectivity index (χ3n) is 4.09. The van der Waals surface area contributed by atoms with Gasteiger partial charge in [0.15, 0.2) is 11.5 Å². The highest BCUT2D eigenvalue weighted by atomic mass is 16.7. The molecule has 2 aromatic carbocycles. The van der Waals surface area contributed by atoms with E-state index in [1.54, 1.807) is 30.6 Å². The molecule has 25 heavy (non-hydrogen) atoms. The van der Waals surface area contributed by atoms with Gasteiger partial charge in [0.05, 0.1) is 6.04 Å². The monoisotopic (exact) mass is 335 g/mol. The topological polar surface area (TPSA) is 76.2 Å². The summed E-state index contributed by atoms with van der Waals surface area (Å²) in [7, 11) is 0. The standard InChI is InChI=1S/C19H17N3O3/c23-19(14-6-7-16-17(10-14)25-12-24-16)22-15(11-18-20-8-9-21-18)13-4-2-1-3-5-13/h1-10,15H,11-12H2,(H,20,21)(H,22,23)/t15-/m0/s1. The van der Waals surface area contributed by atoms with Crippen molar-refractivity contribution in [1.82, 2.24) is 15.3 Å². The maximum Gasteiger partial charge on any atom is 0.251 e. The highest BCUT2D eigenvalue weighted by Gasteiger charge is 2.20. The number of nitrogens with zero attached hydrogens (tertiary/aromatic N) is 1. The molecule has 126 valence electrons. The number of aromatic nitrogens is 2. The Balaban J connectivity index is 1.56. The Labute approximate surface area is 144 Å². The SMILES string of the molecule is O=C(N[C@@H](Cc1ncc[nH]1)c1ccccc1)c1ccc2c(c1)OCO2. The fraction of sp³-hybridized carbons (Fsp3) is 0.158. The zero-order chi connectivity index (χ0) is 17.1. The molecule has 4 rings (SSSR count). The van der Waals surface area contributed by atoms with Crippen LogP contribution in [0.15, 0.2) is 60.9 Å². The Kier molecular flexibility index (Phi) is 4.08. The molecular formula is C19H17N3O3. The molecule has 6 nitrogen and oxygen atoms in total. The number of hydrogen-bond acceptors (Lipinski definition) is 4. The quantitative estimate of drug-likeness (QED) is 0.752. The van der Waals surface area contributed by atoms with Gasteiger partial charge < -0.3 is 19.8 Å². The van der Waals surface area contributed by atoms with Gasteiger partial charge in [-0.25, -0.2) is 4.98 Å². The summed E-state index contributed by atoms with van der Waals surface area (Å²) in [6.07, 6.45) is 4.06. The zero-order valence-corrected chi connectivity index (χ0v) is 13.4. The third kappa shape index (κ3) is 3.33. The number of ether oxygens (including phenoxy) is 2. The van der Waals surface area contributed by atoms with Crippen LogP contribution >= 0.6 is 0 Å². The van der Waals surface area contributed by atoms with Crippen LogP contribution in [0.4, 0.5) is 0 Å². The van der Waals surface area contributed by atoms with E-state index in [9.17, 15) is 4.79 Å². The zero-order valence-electron chi connectivity index (χ0n) is 13.4. The van der Waals surface area contributed by atoms with Crippen molar-refractivity contribution in [1.29, 1.82) is 0 Å². The van der Waals surface area contributed by atoms with Crippen molar-refractivity contribution in [2.75, 3.05) is 6.79 Å². The molecular weight excluding hydrogens is 318 g/mol. The van der Waals surface area contributed by atoms with Crippen LogP contribution in [0.2, 0.25) is 0 Å². The summed E-state index contributed by atoms with van der Waals surface area (Å²) in [5, 5.41) is 3.08. The van der Waals surface area contributed by atoms with Crippen molar-refractivity contribution in [3.05, 3.63) is 77.9 Å². The number of imidazole rings is 1. The van der Waals surface area contributed by atoms with Crippen LogP contribution in [0.5, 0.6) is 11.5 Å². The molecule has 2 N–H and O–H groups in total. The van der Waals surface area contributed by atoms with E-state index in [0.717, 1.165) is 11.4 Å². The predicted molar refractivity (Wildman–Crippen MR) is 91.5 cm³/mol. The van der Waals surface area contributed by atoms with Crippen LogP contribution in [-0.4, -0.2) is 22.7 Å². The molecule has 0 saturated carbocycles. The largest absolute Gasteiger partial charge is 0.454 e. The average molecular weight is 335 g/mol. The Bertz CT molecular complexity index is 863. The molecule has 2 heterocycles. The molecule has 0 radical (unpaired) electrons. The van der Waals surface area contributed by atoms with Gasteiger partial charge in [-0.3, -0.25) is 4.79 Å². The van der Waals surface area contributed by atoms with Crippen molar-refractivity contribution in [2.24, 2.45) is 0 Å². The summed E-state index contributed by atoms with van der Waals surface area (Å²) in [5.74, 6) is 1.90. The molecule has 0 spiro atoms. The highest BCUT2D eigenvalue weighted by molar-refractivity contribution is 5.95. The minimum Gasteiger partial charge on any atom is -0.454 e. The van der Waals surface area contributed by atoms with Gasteiger partial charge in [-0.15, -0.1) is 0 Å². The molecule has 0 bridgehead atoms. The van der Waals surface area contributed by atoms with Gasteiger partial charge >= 0.3 is 0 Å². The molecule has 1 aromatic heterocycles. The van der Waals surface area contributed by atoms with E-state index in [1.165, 1.54) is 0 Å². The van der Waals surface area contributed by atoms with Crippen molar-refractivity contribution in [3.63, 3.8) is 0 Å². The Hall–Kier alpha value is -3.28. The second-order valence-electron chi connectivity index (χ2n) is 5.74. The number of hydrogen-bond donors (Lipinski definition) is 2. The third-order valence-corrected chi connectivity index (χ3v) is 4.09. The summed E-state index contributed by atoms with van der Waals surface area (Å²) in [6.45, 7) is 0.186. The second-order valence-corrected chi connectivity index (χ2v) is 5.74. The van der Waals surface area contributed by atoms with Gasteiger partial charge in [0.25, 0.3) is 5.91 Å². The van der Waals surface area contributed by atoms with Crippen molar-refractivity contribution >= 4 is 5.91 Å². The lowest BCUT2D eigenvalue weighted by molar-refractivity contribution is 0.0935. The van der Waals surface area contributed by atoms with Crippen LogP contribution in [0.25, 0.3) is 0 Å². The molecule has 0 saturated heterocycles. The number of fused-ring (bicyclic) bond motifs is 1. The van der Waals surface area contributed by atoms with Crippen LogP contribution in [-0.2, 0) is 6.42 Å². The maximum absolute atomic E-state index is 12.7. The number of aromatic amines is 1. The number of amides is 1. The molecule has 1 aliphatic heterocycles. The molecule has 1 atom stereocenters. The number of carbonyl (C=O) groups is 1. The summed E-state index contributed by atoms with van der Waals surface area (Å²) >= 11 is 0. The van der Waals surface area contributed by atoms with Crippen LogP contribution < -0.4 is 14.8 Å². The number of carbonyl (C=O) groups excluding carboxylic acids is 1. The molecule has 3 aromatic rings. The fourth-order valence-corrected chi connectivity index (χ4v) is 2.82. The first-order valence-corrected chi connectivity index (χ1v) is 8.03. The predicted octanol–water partition coefficient (Wildman–Crippen LogP) is 2.85. The van der Waals surface area contributed by atoms with Crippen molar-refractivity contribution in [2.45, 2.75) is 12.5 Å². The lowest BCUT2D eigenvalue weighted by atomic mass is 10.0. The molecule has 0 unspecified atom stereocenters. The summed E-state index contributed by atoms with van der Waals surface area (Å²) in [5.41, 5.74) is 1.55. The minimum atomic E-state index is -0.190. The molecule has 1 amide bonds. The smallest absolute Gasteiger partial charge is 0.251 e. The summed E-state index contributed by atoms with van der Waals surface area (Å²) < 4.78 is 10.6. The van der Waals surface area contributed by atoms with E-state index in [2.05, 4.69) is 15.3 Å². The number of benzene rings is 2. The second kappa shape index (κ2) is 6.68. The Morgan fingerprint density at radius 3 is 2.80 bits per heavy atom. The van der Waals surface area contributed by atoms with E-state index in [1.807, 2.05) is 30.3 Å². The van der Waals surface area contributed by atoms with Gasteiger partial charge in [-0.05, 0) is 23.8 Å².